The lowest BCUT2D eigenvalue weighted by Crippen LogP contribution is -2.58. The predicted octanol–water partition coefficient (Wildman–Crippen LogP) is 1.17. The van der Waals surface area contributed by atoms with Crippen LogP contribution in [0, 0.1) is 11.8 Å². The van der Waals surface area contributed by atoms with Crippen LogP contribution in [0.4, 0.5) is 0 Å². The quantitative estimate of drug-likeness (QED) is 0.304. The zero-order valence-corrected chi connectivity index (χ0v) is 22.9. The summed E-state index contributed by atoms with van der Waals surface area (Å²) in [5.74, 6) is -2.85. The summed E-state index contributed by atoms with van der Waals surface area (Å²) in [6, 6.07) is 7.39. The van der Waals surface area contributed by atoms with Gasteiger partial charge in [-0.25, -0.2) is 0 Å². The van der Waals surface area contributed by atoms with E-state index < -0.39 is 41.6 Å². The zero-order chi connectivity index (χ0) is 28.3. The Labute approximate surface area is 235 Å². The fourth-order valence-electron chi connectivity index (χ4n) is 6.95. The SMILES string of the molecule is C=CCOC(=O)[C@@H]1[C@H]2C(=O)N([C@H](CO)c3ccccc3)C(C(=O)N(CC=C)CCN3CCOCC3)C23CC[C@H]1O3. The van der Waals surface area contributed by atoms with Crippen LogP contribution in [0.3, 0.4) is 0 Å². The molecule has 0 saturated carbocycles. The lowest BCUT2D eigenvalue weighted by Gasteiger charge is -2.40. The average molecular weight is 554 g/mol. The average Bonchev–Trinajstić information content (AvgIpc) is 3.63. The standard InChI is InChI=1S/C30H39N3O7/c1-3-12-32(14-13-31-15-18-38-19-16-31)28(36)26-30-11-10-23(40-30)24(29(37)39-17-4-2)25(30)27(35)33(26)22(20-34)21-8-6-5-7-9-21/h3-9,22-26,34H,1-2,10-20H2/t22-,23-,24+,25+,26?,30?/m1/s1. The van der Waals surface area contributed by atoms with E-state index in [1.165, 1.54) is 11.0 Å². The van der Waals surface area contributed by atoms with E-state index >= 15 is 0 Å². The highest BCUT2D eigenvalue weighted by Gasteiger charge is 2.75. The third-order valence-corrected chi connectivity index (χ3v) is 8.73. The summed E-state index contributed by atoms with van der Waals surface area (Å²) < 4.78 is 17.4. The van der Waals surface area contributed by atoms with Crippen LogP contribution in [0.5, 0.6) is 0 Å². The molecule has 1 aromatic carbocycles. The smallest absolute Gasteiger partial charge is 0.312 e. The zero-order valence-electron chi connectivity index (χ0n) is 22.9. The summed E-state index contributed by atoms with van der Waals surface area (Å²) in [5.41, 5.74) is -0.478. The fourth-order valence-corrected chi connectivity index (χ4v) is 6.95. The van der Waals surface area contributed by atoms with Crippen LogP contribution in [0.25, 0.3) is 0 Å². The Morgan fingerprint density at radius 1 is 1.20 bits per heavy atom. The Balaban J connectivity index is 1.51. The summed E-state index contributed by atoms with van der Waals surface area (Å²) in [6.45, 7) is 11.4. The number of likely N-dealkylation sites (tertiary alicyclic amines) is 1. The van der Waals surface area contributed by atoms with Crippen LogP contribution in [0.2, 0.25) is 0 Å². The molecule has 5 rings (SSSR count). The minimum atomic E-state index is -1.18. The van der Waals surface area contributed by atoms with E-state index in [1.807, 2.05) is 30.3 Å². The molecular weight excluding hydrogens is 514 g/mol. The van der Waals surface area contributed by atoms with Gasteiger partial charge in [0, 0.05) is 32.7 Å². The van der Waals surface area contributed by atoms with Crippen molar-refractivity contribution in [3.8, 4) is 0 Å². The summed E-state index contributed by atoms with van der Waals surface area (Å²) in [7, 11) is 0. The Morgan fingerprint density at radius 3 is 2.62 bits per heavy atom. The van der Waals surface area contributed by atoms with Gasteiger partial charge in [0.05, 0.1) is 43.8 Å². The fraction of sp³-hybridized carbons (Fsp3) is 0.567. The summed E-state index contributed by atoms with van der Waals surface area (Å²) in [4.78, 5) is 47.5. The summed E-state index contributed by atoms with van der Waals surface area (Å²) in [6.07, 6.45) is 3.66. The number of carbonyl (C=O) groups excluding carboxylic acids is 3. The van der Waals surface area contributed by atoms with Crippen molar-refractivity contribution in [3.05, 3.63) is 61.2 Å². The van der Waals surface area contributed by atoms with Crippen molar-refractivity contribution in [2.45, 2.75) is 36.6 Å². The van der Waals surface area contributed by atoms with Crippen molar-refractivity contribution < 1.29 is 33.7 Å². The van der Waals surface area contributed by atoms with Crippen molar-refractivity contribution in [2.75, 3.05) is 59.2 Å². The number of aliphatic hydroxyl groups is 1. The topological polar surface area (TPSA) is 109 Å². The highest BCUT2D eigenvalue weighted by atomic mass is 16.6. The van der Waals surface area contributed by atoms with Gasteiger partial charge in [0.2, 0.25) is 11.8 Å². The predicted molar refractivity (Wildman–Crippen MR) is 146 cm³/mol. The second-order valence-electron chi connectivity index (χ2n) is 10.9. The molecule has 1 aromatic rings. The number of aliphatic hydroxyl groups excluding tert-OH is 1. The van der Waals surface area contributed by atoms with E-state index in [2.05, 4.69) is 18.1 Å². The molecule has 0 radical (unpaired) electrons. The molecule has 2 amide bonds. The van der Waals surface area contributed by atoms with Gasteiger partial charge in [-0.2, -0.15) is 0 Å². The molecule has 1 spiro atoms. The Bertz CT molecular complexity index is 1110. The van der Waals surface area contributed by atoms with Gasteiger partial charge < -0.3 is 29.1 Å². The van der Waals surface area contributed by atoms with Gasteiger partial charge in [-0.15, -0.1) is 6.58 Å². The molecule has 6 atom stereocenters. The lowest BCUT2D eigenvalue weighted by atomic mass is 9.70. The number of carbonyl (C=O) groups is 3. The van der Waals surface area contributed by atoms with Gasteiger partial charge in [-0.05, 0) is 18.4 Å². The van der Waals surface area contributed by atoms with E-state index in [9.17, 15) is 19.5 Å². The third kappa shape index (κ3) is 4.98. The van der Waals surface area contributed by atoms with Crippen molar-refractivity contribution in [1.29, 1.82) is 0 Å². The number of morpholine rings is 1. The molecule has 2 unspecified atom stereocenters. The van der Waals surface area contributed by atoms with Crippen molar-refractivity contribution in [1.82, 2.24) is 14.7 Å². The van der Waals surface area contributed by atoms with Crippen molar-refractivity contribution in [3.63, 3.8) is 0 Å². The van der Waals surface area contributed by atoms with Crippen LogP contribution in [-0.4, -0.2) is 114 Å². The second kappa shape index (κ2) is 12.2. The molecule has 4 aliphatic rings. The van der Waals surface area contributed by atoms with Crippen molar-refractivity contribution in [2.24, 2.45) is 11.8 Å². The Kier molecular flexibility index (Phi) is 8.70. The summed E-state index contributed by atoms with van der Waals surface area (Å²) in [5, 5.41) is 10.6. The van der Waals surface area contributed by atoms with E-state index in [-0.39, 0.29) is 25.0 Å². The van der Waals surface area contributed by atoms with E-state index in [1.54, 1.807) is 11.0 Å². The number of nitrogens with zero attached hydrogens (tertiary/aromatic N) is 3. The second-order valence-corrected chi connectivity index (χ2v) is 10.9. The van der Waals surface area contributed by atoms with Gasteiger partial charge >= 0.3 is 5.97 Å². The lowest BCUT2D eigenvalue weighted by molar-refractivity contribution is -0.156. The minimum Gasteiger partial charge on any atom is -0.461 e. The summed E-state index contributed by atoms with van der Waals surface area (Å²) >= 11 is 0. The van der Waals surface area contributed by atoms with E-state index in [0.29, 0.717) is 51.3 Å². The maximum Gasteiger partial charge on any atom is 0.312 e. The number of fused-ring (bicyclic) bond motifs is 1. The number of ether oxygens (including phenoxy) is 3. The molecule has 10 nitrogen and oxygen atoms in total. The highest BCUT2D eigenvalue weighted by molar-refractivity contribution is 5.98. The molecular formula is C30H39N3O7. The van der Waals surface area contributed by atoms with Crippen LogP contribution in [0.1, 0.15) is 24.4 Å². The molecule has 4 aliphatic heterocycles. The minimum absolute atomic E-state index is 0.0277. The maximum absolute atomic E-state index is 14.5. The number of benzene rings is 1. The van der Waals surface area contributed by atoms with E-state index in [0.717, 1.165) is 13.1 Å². The highest BCUT2D eigenvalue weighted by Crippen LogP contribution is 2.60. The van der Waals surface area contributed by atoms with Crippen LogP contribution in [0.15, 0.2) is 55.6 Å². The van der Waals surface area contributed by atoms with Crippen LogP contribution in [-0.2, 0) is 28.6 Å². The number of esters is 1. The molecule has 4 heterocycles. The largest absolute Gasteiger partial charge is 0.461 e. The van der Waals surface area contributed by atoms with Gasteiger partial charge in [-0.1, -0.05) is 49.1 Å². The number of hydrogen-bond acceptors (Lipinski definition) is 8. The first-order chi connectivity index (χ1) is 19.5. The van der Waals surface area contributed by atoms with Crippen LogP contribution >= 0.6 is 0 Å². The molecule has 40 heavy (non-hydrogen) atoms. The maximum atomic E-state index is 14.5. The number of rotatable bonds is 12. The molecule has 1 N–H and O–H groups in total. The third-order valence-electron chi connectivity index (χ3n) is 8.73. The van der Waals surface area contributed by atoms with Gasteiger partial charge in [-0.3, -0.25) is 19.3 Å². The molecule has 216 valence electrons. The van der Waals surface area contributed by atoms with E-state index in [4.69, 9.17) is 14.2 Å². The van der Waals surface area contributed by atoms with Gasteiger partial charge in [0.1, 0.15) is 18.2 Å². The Morgan fingerprint density at radius 2 is 1.95 bits per heavy atom. The molecule has 0 aromatic heterocycles. The Hall–Kier alpha value is -3.05. The monoisotopic (exact) mass is 553 g/mol. The van der Waals surface area contributed by atoms with Crippen molar-refractivity contribution >= 4 is 17.8 Å². The number of hydrogen-bond donors (Lipinski definition) is 1. The first kappa shape index (κ1) is 28.5. The van der Waals surface area contributed by atoms with Gasteiger partial charge in [0.25, 0.3) is 0 Å². The van der Waals surface area contributed by atoms with Gasteiger partial charge in [0.15, 0.2) is 0 Å². The molecule has 0 aliphatic carbocycles. The molecule has 4 fully saturated rings. The first-order valence-electron chi connectivity index (χ1n) is 14.1. The molecule has 4 saturated heterocycles. The first-order valence-corrected chi connectivity index (χ1v) is 14.1. The number of amides is 2. The normalized spacial score (nSPS) is 30.1. The molecule has 10 heteroatoms. The molecule has 2 bridgehead atoms. The van der Waals surface area contributed by atoms with Crippen LogP contribution < -0.4 is 0 Å².